The summed E-state index contributed by atoms with van der Waals surface area (Å²) < 4.78 is 16.9. The van der Waals surface area contributed by atoms with Crippen LogP contribution in [0.15, 0.2) is 18.2 Å². The quantitative estimate of drug-likeness (QED) is 0.739. The summed E-state index contributed by atoms with van der Waals surface area (Å²) >= 11 is 0. The maximum Gasteiger partial charge on any atom is 0.258 e. The zero-order valence-corrected chi connectivity index (χ0v) is 15.8. The van der Waals surface area contributed by atoms with Gasteiger partial charge in [-0.3, -0.25) is 4.79 Å². The van der Waals surface area contributed by atoms with E-state index < -0.39 is 0 Å². The maximum absolute atomic E-state index is 12.0. The van der Waals surface area contributed by atoms with E-state index in [1.165, 1.54) is 0 Å². The van der Waals surface area contributed by atoms with Gasteiger partial charge in [0, 0.05) is 12.1 Å². The number of ether oxygens (including phenoxy) is 3. The number of quaternary nitrogens is 1. The molecule has 3 N–H and O–H groups in total. The minimum atomic E-state index is -0.279. The number of nitrogens with two attached hydrogens (primary N) is 1. The second-order valence-electron chi connectivity index (χ2n) is 7.40. The fraction of sp³-hybridized carbons (Fsp3) is 0.632. The Hall–Kier alpha value is -1.79. The predicted octanol–water partition coefficient (Wildman–Crippen LogP) is 1.23. The van der Waals surface area contributed by atoms with E-state index in [-0.39, 0.29) is 18.1 Å². The number of carbonyl (C=O) groups is 1. The molecule has 1 aromatic carbocycles. The lowest BCUT2D eigenvalue weighted by Gasteiger charge is -2.21. The summed E-state index contributed by atoms with van der Waals surface area (Å²) in [5.74, 6) is 1.14. The standard InChI is InChI=1S/C19H30N2O4/c1-19(2,3)21-17(22)13-25-18-14(7-5-9-16(18)23-4)11-20-12-15-8-6-10-24-15/h5,7,9,15,20H,6,8,10-13H2,1-4H3,(H,21,22)/p+1/t15-/m1/s1. The van der Waals surface area contributed by atoms with Crippen LogP contribution in [0.3, 0.4) is 0 Å². The van der Waals surface area contributed by atoms with Gasteiger partial charge in [-0.25, -0.2) is 0 Å². The molecular formula is C19H31N2O4+. The van der Waals surface area contributed by atoms with Crippen molar-refractivity contribution >= 4 is 5.91 Å². The molecular weight excluding hydrogens is 320 g/mol. The van der Waals surface area contributed by atoms with E-state index >= 15 is 0 Å². The van der Waals surface area contributed by atoms with Crippen LogP contribution in [0.1, 0.15) is 39.2 Å². The number of benzene rings is 1. The highest BCUT2D eigenvalue weighted by Gasteiger charge is 2.19. The number of nitrogens with one attached hydrogen (secondary N) is 1. The molecule has 1 saturated heterocycles. The van der Waals surface area contributed by atoms with E-state index in [9.17, 15) is 4.79 Å². The van der Waals surface area contributed by atoms with Crippen molar-refractivity contribution in [1.29, 1.82) is 0 Å². The molecule has 140 valence electrons. The van der Waals surface area contributed by atoms with Crippen LogP contribution in [0, 0.1) is 0 Å². The largest absolute Gasteiger partial charge is 0.493 e. The summed E-state index contributed by atoms with van der Waals surface area (Å²) in [5.41, 5.74) is 0.736. The zero-order valence-electron chi connectivity index (χ0n) is 15.8. The summed E-state index contributed by atoms with van der Waals surface area (Å²) in [5, 5.41) is 5.11. The lowest BCUT2D eigenvalue weighted by Crippen LogP contribution is -2.84. The Labute approximate surface area is 150 Å². The van der Waals surface area contributed by atoms with Crippen LogP contribution >= 0.6 is 0 Å². The Kier molecular flexibility index (Phi) is 7.08. The van der Waals surface area contributed by atoms with Crippen molar-refractivity contribution in [2.45, 2.75) is 51.8 Å². The summed E-state index contributed by atoms with van der Waals surface area (Å²) in [6.45, 7) is 8.36. The van der Waals surface area contributed by atoms with Crippen molar-refractivity contribution in [2.75, 3.05) is 26.9 Å². The smallest absolute Gasteiger partial charge is 0.258 e. The van der Waals surface area contributed by atoms with Crippen molar-refractivity contribution in [1.82, 2.24) is 5.32 Å². The molecule has 1 amide bonds. The highest BCUT2D eigenvalue weighted by atomic mass is 16.5. The summed E-state index contributed by atoms with van der Waals surface area (Å²) in [6, 6.07) is 5.79. The number of hydrogen-bond acceptors (Lipinski definition) is 4. The molecule has 0 radical (unpaired) electrons. The van der Waals surface area contributed by atoms with Gasteiger partial charge in [0.15, 0.2) is 18.1 Å². The Morgan fingerprint density at radius 2 is 2.20 bits per heavy atom. The molecule has 6 heteroatoms. The van der Waals surface area contributed by atoms with Crippen LogP contribution in [-0.2, 0) is 16.1 Å². The highest BCUT2D eigenvalue weighted by molar-refractivity contribution is 5.78. The van der Waals surface area contributed by atoms with Gasteiger partial charge in [0.2, 0.25) is 0 Å². The average molecular weight is 351 g/mol. The first-order valence-electron chi connectivity index (χ1n) is 8.92. The molecule has 0 aliphatic carbocycles. The van der Waals surface area contributed by atoms with Gasteiger partial charge < -0.3 is 24.8 Å². The first-order valence-corrected chi connectivity index (χ1v) is 8.92. The Morgan fingerprint density at radius 1 is 1.40 bits per heavy atom. The Balaban J connectivity index is 1.95. The third-order valence-electron chi connectivity index (χ3n) is 3.96. The molecule has 1 aromatic rings. The number of rotatable bonds is 8. The van der Waals surface area contributed by atoms with E-state index in [2.05, 4.69) is 10.6 Å². The first kappa shape index (κ1) is 19.5. The van der Waals surface area contributed by atoms with Crippen LogP contribution in [0.2, 0.25) is 0 Å². The van der Waals surface area contributed by atoms with Crippen molar-refractivity contribution in [3.63, 3.8) is 0 Å². The molecule has 1 heterocycles. The van der Waals surface area contributed by atoms with Crippen LogP contribution in [0.5, 0.6) is 11.5 Å². The molecule has 1 aliphatic heterocycles. The number of para-hydroxylation sites is 1. The second kappa shape index (κ2) is 9.06. The third kappa shape index (κ3) is 6.55. The van der Waals surface area contributed by atoms with Gasteiger partial charge in [-0.1, -0.05) is 6.07 Å². The summed E-state index contributed by atoms with van der Waals surface area (Å²) in [4.78, 5) is 12.0. The zero-order chi connectivity index (χ0) is 18.3. The van der Waals surface area contributed by atoms with E-state index in [1.54, 1.807) is 7.11 Å². The number of amides is 1. The van der Waals surface area contributed by atoms with Crippen LogP contribution in [0.25, 0.3) is 0 Å². The van der Waals surface area contributed by atoms with Crippen LogP contribution < -0.4 is 20.1 Å². The molecule has 25 heavy (non-hydrogen) atoms. The highest BCUT2D eigenvalue weighted by Crippen LogP contribution is 2.30. The van der Waals surface area contributed by atoms with Gasteiger partial charge in [-0.2, -0.15) is 0 Å². The molecule has 6 nitrogen and oxygen atoms in total. The molecule has 0 bridgehead atoms. The first-order chi connectivity index (χ1) is 11.9. The van der Waals surface area contributed by atoms with E-state index in [0.717, 1.165) is 38.1 Å². The van der Waals surface area contributed by atoms with Crippen molar-refractivity contribution in [2.24, 2.45) is 0 Å². The van der Waals surface area contributed by atoms with E-state index in [1.807, 2.05) is 39.0 Å². The van der Waals surface area contributed by atoms with Crippen LogP contribution in [0.4, 0.5) is 0 Å². The lowest BCUT2D eigenvalue weighted by molar-refractivity contribution is -0.676. The van der Waals surface area contributed by atoms with Gasteiger partial charge in [-0.15, -0.1) is 0 Å². The van der Waals surface area contributed by atoms with E-state index in [4.69, 9.17) is 14.2 Å². The fourth-order valence-corrected chi connectivity index (χ4v) is 2.89. The molecule has 1 fully saturated rings. The molecule has 1 atom stereocenters. The minimum absolute atomic E-state index is 0.0314. The molecule has 0 unspecified atom stereocenters. The van der Waals surface area contributed by atoms with Gasteiger partial charge in [-0.05, 0) is 45.7 Å². The fourth-order valence-electron chi connectivity index (χ4n) is 2.89. The maximum atomic E-state index is 12.0. The van der Waals surface area contributed by atoms with Crippen molar-refractivity contribution < 1.29 is 24.3 Å². The topological polar surface area (TPSA) is 73.4 Å². The van der Waals surface area contributed by atoms with E-state index in [0.29, 0.717) is 17.6 Å². The summed E-state index contributed by atoms with van der Waals surface area (Å²) in [7, 11) is 1.61. The Bertz CT molecular complexity index is 563. The third-order valence-corrected chi connectivity index (χ3v) is 3.96. The summed E-state index contributed by atoms with van der Waals surface area (Å²) in [6.07, 6.45) is 2.62. The SMILES string of the molecule is COc1cccc(C[NH2+]C[C@H]2CCCO2)c1OCC(=O)NC(C)(C)C. The van der Waals surface area contributed by atoms with Gasteiger partial charge in [0.25, 0.3) is 5.91 Å². The van der Waals surface area contributed by atoms with Gasteiger partial charge >= 0.3 is 0 Å². The molecule has 2 rings (SSSR count). The van der Waals surface area contributed by atoms with Gasteiger partial charge in [0.05, 0.1) is 12.7 Å². The molecule has 0 saturated carbocycles. The predicted molar refractivity (Wildman–Crippen MR) is 95.9 cm³/mol. The lowest BCUT2D eigenvalue weighted by atomic mass is 10.1. The number of methoxy groups -OCH3 is 1. The number of hydrogen-bond donors (Lipinski definition) is 2. The Morgan fingerprint density at radius 3 is 2.84 bits per heavy atom. The minimum Gasteiger partial charge on any atom is -0.493 e. The monoisotopic (exact) mass is 351 g/mol. The molecule has 0 aromatic heterocycles. The molecule has 1 aliphatic rings. The second-order valence-corrected chi connectivity index (χ2v) is 7.40. The van der Waals surface area contributed by atoms with Crippen molar-refractivity contribution in [3.05, 3.63) is 23.8 Å². The normalized spacial score (nSPS) is 17.4. The number of carbonyl (C=O) groups excluding carboxylic acids is 1. The van der Waals surface area contributed by atoms with Crippen LogP contribution in [-0.4, -0.2) is 44.4 Å². The van der Waals surface area contributed by atoms with Gasteiger partial charge in [0.1, 0.15) is 19.2 Å². The molecule has 0 spiro atoms. The van der Waals surface area contributed by atoms with Crippen molar-refractivity contribution in [3.8, 4) is 11.5 Å². The average Bonchev–Trinajstić information content (AvgIpc) is 3.05.